The van der Waals surface area contributed by atoms with Gasteiger partial charge in [0.2, 0.25) is 0 Å². The first-order chi connectivity index (χ1) is 10.7. The van der Waals surface area contributed by atoms with Crippen LogP contribution >= 0.6 is 23.1 Å². The van der Waals surface area contributed by atoms with Crippen molar-refractivity contribution in [3.8, 4) is 0 Å². The minimum atomic E-state index is 1.01. The number of fused-ring (bicyclic) bond motifs is 2. The van der Waals surface area contributed by atoms with Gasteiger partial charge in [-0.1, -0.05) is 24.3 Å². The predicted octanol–water partition coefficient (Wildman–Crippen LogP) is 5.61. The number of nitrogens with zero attached hydrogens (tertiary/aromatic N) is 2. The number of benzene rings is 2. The zero-order chi connectivity index (χ0) is 15.1. The quantitative estimate of drug-likeness (QED) is 0.479. The molecule has 0 bridgehead atoms. The topological polar surface area (TPSA) is 25.8 Å². The Morgan fingerprint density at radius 3 is 2.64 bits per heavy atom. The lowest BCUT2D eigenvalue weighted by Gasteiger charge is -2.05. The average Bonchev–Trinajstić information content (AvgIpc) is 2.88. The summed E-state index contributed by atoms with van der Waals surface area (Å²) in [6.45, 7) is 4.24. The van der Waals surface area contributed by atoms with Crippen molar-refractivity contribution in [3.05, 3.63) is 59.7 Å². The minimum Gasteiger partial charge on any atom is -0.241 e. The molecule has 0 saturated heterocycles. The molecule has 2 aromatic carbocycles. The molecule has 108 valence electrons. The summed E-state index contributed by atoms with van der Waals surface area (Å²) in [6.07, 6.45) is 0. The van der Waals surface area contributed by atoms with Crippen LogP contribution in [0.1, 0.15) is 11.1 Å². The maximum absolute atomic E-state index is 4.79. The van der Waals surface area contributed by atoms with Crippen LogP contribution in [0.15, 0.2) is 57.9 Å². The van der Waals surface area contributed by atoms with Gasteiger partial charge >= 0.3 is 0 Å². The van der Waals surface area contributed by atoms with Crippen LogP contribution in [-0.2, 0) is 0 Å². The average molecular weight is 322 g/mol. The highest BCUT2D eigenvalue weighted by atomic mass is 32.2. The molecule has 2 heterocycles. The van der Waals surface area contributed by atoms with E-state index in [9.17, 15) is 0 Å². The summed E-state index contributed by atoms with van der Waals surface area (Å²) >= 11 is 3.36. The van der Waals surface area contributed by atoms with Crippen molar-refractivity contribution in [2.75, 3.05) is 0 Å². The molecular weight excluding hydrogens is 308 g/mol. The minimum absolute atomic E-state index is 1.01. The van der Waals surface area contributed by atoms with Crippen molar-refractivity contribution in [1.82, 2.24) is 9.97 Å². The number of para-hydroxylation sites is 1. The lowest BCUT2D eigenvalue weighted by Crippen LogP contribution is -1.87. The van der Waals surface area contributed by atoms with Gasteiger partial charge in [-0.25, -0.2) is 9.97 Å². The molecule has 2 aromatic heterocycles. The van der Waals surface area contributed by atoms with E-state index in [1.165, 1.54) is 21.2 Å². The lowest BCUT2D eigenvalue weighted by molar-refractivity contribution is 1.16. The van der Waals surface area contributed by atoms with E-state index in [4.69, 9.17) is 4.98 Å². The molecule has 0 aliphatic rings. The molecule has 2 nitrogen and oxygen atoms in total. The van der Waals surface area contributed by atoms with Crippen molar-refractivity contribution in [3.63, 3.8) is 0 Å². The van der Waals surface area contributed by atoms with E-state index in [1.807, 2.05) is 6.07 Å². The maximum atomic E-state index is 4.79. The highest BCUT2D eigenvalue weighted by Crippen LogP contribution is 2.34. The molecule has 0 atom stereocenters. The molecule has 4 aromatic rings. The van der Waals surface area contributed by atoms with Crippen LogP contribution in [0.4, 0.5) is 0 Å². The summed E-state index contributed by atoms with van der Waals surface area (Å²) in [5.74, 6) is 0. The Balaban J connectivity index is 1.77. The van der Waals surface area contributed by atoms with Gasteiger partial charge in [-0.05, 0) is 61.0 Å². The predicted molar refractivity (Wildman–Crippen MR) is 95.0 cm³/mol. The summed E-state index contributed by atoms with van der Waals surface area (Å²) in [7, 11) is 0. The second-order valence-corrected chi connectivity index (χ2v) is 7.65. The summed E-state index contributed by atoms with van der Waals surface area (Å²) in [5, 5.41) is 2.23. The largest absolute Gasteiger partial charge is 0.241 e. The number of thiazole rings is 1. The van der Waals surface area contributed by atoms with Crippen molar-refractivity contribution in [2.24, 2.45) is 0 Å². The number of aromatic nitrogens is 2. The third-order valence-corrected chi connectivity index (χ3v) is 5.63. The van der Waals surface area contributed by atoms with Crippen LogP contribution < -0.4 is 0 Å². The van der Waals surface area contributed by atoms with E-state index < -0.39 is 0 Å². The van der Waals surface area contributed by atoms with Crippen LogP contribution in [0.3, 0.4) is 0 Å². The molecule has 0 spiro atoms. The standard InChI is InChI=1S/C18H14N2S2/c1-11-7-8-13-12(2)10-17(19-15(13)9-11)22-18-20-14-5-3-4-6-16(14)21-18/h3-10H,1-2H3. The summed E-state index contributed by atoms with van der Waals surface area (Å²) in [4.78, 5) is 9.47. The summed E-state index contributed by atoms with van der Waals surface area (Å²) in [5.41, 5.74) is 4.61. The molecule has 0 saturated carbocycles. The number of hydrogen-bond acceptors (Lipinski definition) is 4. The zero-order valence-electron chi connectivity index (χ0n) is 12.3. The first-order valence-corrected chi connectivity index (χ1v) is 8.74. The van der Waals surface area contributed by atoms with Crippen LogP contribution in [0, 0.1) is 13.8 Å². The SMILES string of the molecule is Cc1ccc2c(C)cc(Sc3nc4ccccc4s3)nc2c1. The summed E-state index contributed by atoms with van der Waals surface area (Å²) in [6, 6.07) is 16.8. The molecule has 0 unspecified atom stereocenters. The third kappa shape index (κ3) is 2.49. The molecule has 0 radical (unpaired) electrons. The van der Waals surface area contributed by atoms with Crippen molar-refractivity contribution < 1.29 is 0 Å². The lowest BCUT2D eigenvalue weighted by atomic mass is 10.1. The highest BCUT2D eigenvalue weighted by Gasteiger charge is 2.08. The summed E-state index contributed by atoms with van der Waals surface area (Å²) < 4.78 is 2.26. The zero-order valence-corrected chi connectivity index (χ0v) is 14.0. The van der Waals surface area contributed by atoms with E-state index in [-0.39, 0.29) is 0 Å². The first kappa shape index (κ1) is 13.7. The first-order valence-electron chi connectivity index (χ1n) is 7.10. The molecule has 0 amide bonds. The Kier molecular flexibility index (Phi) is 3.36. The number of rotatable bonds is 2. The molecule has 4 heteroatoms. The monoisotopic (exact) mass is 322 g/mol. The van der Waals surface area contributed by atoms with Gasteiger partial charge in [0.15, 0.2) is 4.34 Å². The van der Waals surface area contributed by atoms with E-state index >= 15 is 0 Å². The molecule has 0 N–H and O–H groups in total. The second-order valence-electron chi connectivity index (χ2n) is 5.35. The van der Waals surface area contributed by atoms with Gasteiger partial charge in [0, 0.05) is 5.39 Å². The number of hydrogen-bond donors (Lipinski definition) is 0. The van der Waals surface area contributed by atoms with E-state index in [2.05, 4.69) is 61.3 Å². The fourth-order valence-corrected chi connectivity index (χ4v) is 4.61. The molecule has 22 heavy (non-hydrogen) atoms. The Bertz CT molecular complexity index is 956. The van der Waals surface area contributed by atoms with Crippen LogP contribution in [0.2, 0.25) is 0 Å². The van der Waals surface area contributed by atoms with Crippen LogP contribution in [0.25, 0.3) is 21.1 Å². The van der Waals surface area contributed by atoms with E-state index in [0.717, 1.165) is 20.4 Å². The van der Waals surface area contributed by atoms with Crippen LogP contribution in [0.5, 0.6) is 0 Å². The maximum Gasteiger partial charge on any atom is 0.157 e. The van der Waals surface area contributed by atoms with E-state index in [0.29, 0.717) is 0 Å². The van der Waals surface area contributed by atoms with Crippen molar-refractivity contribution >= 4 is 44.2 Å². The Labute approximate surface area is 137 Å². The molecule has 0 aliphatic carbocycles. The van der Waals surface area contributed by atoms with Crippen LogP contribution in [-0.4, -0.2) is 9.97 Å². The van der Waals surface area contributed by atoms with Gasteiger partial charge in [0.05, 0.1) is 15.7 Å². The molecule has 0 fully saturated rings. The second kappa shape index (κ2) is 5.38. The normalized spacial score (nSPS) is 11.4. The van der Waals surface area contributed by atoms with Gasteiger partial charge < -0.3 is 0 Å². The Hall–Kier alpha value is -1.91. The van der Waals surface area contributed by atoms with Gasteiger partial charge in [-0.15, -0.1) is 11.3 Å². The molecule has 4 rings (SSSR count). The van der Waals surface area contributed by atoms with Gasteiger partial charge in [0.1, 0.15) is 5.03 Å². The fourth-order valence-electron chi connectivity index (χ4n) is 2.52. The van der Waals surface area contributed by atoms with E-state index in [1.54, 1.807) is 23.1 Å². The van der Waals surface area contributed by atoms with Gasteiger partial charge in [0.25, 0.3) is 0 Å². The van der Waals surface area contributed by atoms with Crippen molar-refractivity contribution in [1.29, 1.82) is 0 Å². The highest BCUT2D eigenvalue weighted by molar-refractivity contribution is 8.01. The smallest absolute Gasteiger partial charge is 0.157 e. The molecular formula is C18H14N2S2. The third-order valence-electron chi connectivity index (χ3n) is 3.61. The number of aryl methyl sites for hydroxylation is 2. The Morgan fingerprint density at radius 2 is 1.77 bits per heavy atom. The van der Waals surface area contributed by atoms with Gasteiger partial charge in [-0.2, -0.15) is 0 Å². The van der Waals surface area contributed by atoms with Gasteiger partial charge in [-0.3, -0.25) is 0 Å². The fraction of sp³-hybridized carbons (Fsp3) is 0.111. The molecule has 0 aliphatic heterocycles. The van der Waals surface area contributed by atoms with Crippen molar-refractivity contribution in [2.45, 2.75) is 23.2 Å². The number of pyridine rings is 1. The Morgan fingerprint density at radius 1 is 0.909 bits per heavy atom.